The van der Waals surface area contributed by atoms with Gasteiger partial charge in [0.25, 0.3) is 0 Å². The van der Waals surface area contributed by atoms with Crippen molar-refractivity contribution >= 4 is 33.9 Å². The number of fused-ring (bicyclic) bond motifs is 1. The Morgan fingerprint density at radius 3 is 2.21 bits per heavy atom. The zero-order valence-electron chi connectivity index (χ0n) is 15.7. The van der Waals surface area contributed by atoms with Crippen LogP contribution in [0.2, 0.25) is 0 Å². The van der Waals surface area contributed by atoms with E-state index in [9.17, 15) is 5.11 Å². The van der Waals surface area contributed by atoms with Crippen molar-refractivity contribution < 1.29 is 5.11 Å². The van der Waals surface area contributed by atoms with Gasteiger partial charge in [-0.2, -0.15) is 0 Å². The molecule has 4 aromatic rings. The van der Waals surface area contributed by atoms with Gasteiger partial charge in [-0.3, -0.25) is 0 Å². The summed E-state index contributed by atoms with van der Waals surface area (Å²) in [5.41, 5.74) is 3.51. The number of aromatic hydroxyl groups is 1. The molecule has 0 atom stereocenters. The molecule has 1 aromatic heterocycles. The van der Waals surface area contributed by atoms with E-state index in [0.717, 1.165) is 22.0 Å². The number of azo groups is 1. The number of nitrogens with zero attached hydrogens (tertiary/aromatic N) is 3. The Morgan fingerprint density at radius 2 is 1.48 bits per heavy atom. The Morgan fingerprint density at radius 1 is 0.862 bits per heavy atom. The number of aromatic nitrogens is 1. The zero-order valence-corrected chi connectivity index (χ0v) is 16.5. The van der Waals surface area contributed by atoms with E-state index in [0.29, 0.717) is 18.8 Å². The molecule has 0 aliphatic carbocycles. The molecule has 4 rings (SSSR count). The van der Waals surface area contributed by atoms with Crippen LogP contribution in [0.3, 0.4) is 0 Å². The number of thiocarbonyl (C=S) groups is 1. The predicted molar refractivity (Wildman–Crippen MR) is 120 cm³/mol. The van der Waals surface area contributed by atoms with Gasteiger partial charge in [-0.1, -0.05) is 78.9 Å². The first kappa shape index (κ1) is 18.8. The molecular formula is C23H20N4OS. The summed E-state index contributed by atoms with van der Waals surface area (Å²) in [5.74, 6) is 0.0738. The van der Waals surface area contributed by atoms with Crippen molar-refractivity contribution in [3.63, 3.8) is 0 Å². The summed E-state index contributed by atoms with van der Waals surface area (Å²) in [6.45, 7) is 1.11. The first-order valence-corrected chi connectivity index (χ1v) is 9.71. The lowest BCUT2D eigenvalue weighted by Crippen LogP contribution is -2.18. The monoisotopic (exact) mass is 400 g/mol. The van der Waals surface area contributed by atoms with Crippen molar-refractivity contribution in [2.24, 2.45) is 10.2 Å². The molecule has 2 N–H and O–H groups in total. The van der Waals surface area contributed by atoms with E-state index in [1.54, 1.807) is 0 Å². The summed E-state index contributed by atoms with van der Waals surface area (Å²) in [6.07, 6.45) is 0. The molecule has 0 saturated heterocycles. The molecule has 29 heavy (non-hydrogen) atoms. The van der Waals surface area contributed by atoms with Gasteiger partial charge in [0.05, 0.1) is 12.1 Å². The molecule has 1 heterocycles. The smallest absolute Gasteiger partial charge is 0.221 e. The lowest BCUT2D eigenvalue weighted by molar-refractivity contribution is 0.429. The van der Waals surface area contributed by atoms with Gasteiger partial charge >= 0.3 is 0 Å². The van der Waals surface area contributed by atoms with E-state index in [-0.39, 0.29) is 11.0 Å². The van der Waals surface area contributed by atoms with Gasteiger partial charge in [0, 0.05) is 11.9 Å². The second-order valence-corrected chi connectivity index (χ2v) is 6.99. The van der Waals surface area contributed by atoms with Crippen molar-refractivity contribution in [3.05, 3.63) is 96.1 Å². The SMILES string of the molecule is Oc1c(N=NC(=S)NCc2ccccc2)c2ccccc2n1Cc1ccccc1. The summed E-state index contributed by atoms with van der Waals surface area (Å²) in [5, 5.41) is 23.4. The average molecular weight is 401 g/mol. The van der Waals surface area contributed by atoms with Crippen LogP contribution in [0, 0.1) is 0 Å². The largest absolute Gasteiger partial charge is 0.493 e. The number of hydrogen-bond donors (Lipinski definition) is 2. The molecule has 144 valence electrons. The maximum absolute atomic E-state index is 10.8. The van der Waals surface area contributed by atoms with E-state index < -0.39 is 0 Å². The number of hydrogen-bond acceptors (Lipinski definition) is 3. The topological polar surface area (TPSA) is 61.9 Å². The van der Waals surface area contributed by atoms with E-state index in [1.165, 1.54) is 0 Å². The van der Waals surface area contributed by atoms with Crippen LogP contribution in [0.15, 0.2) is 95.2 Å². The average Bonchev–Trinajstić information content (AvgIpc) is 3.03. The van der Waals surface area contributed by atoms with Crippen LogP contribution in [0.1, 0.15) is 11.1 Å². The minimum atomic E-state index is 0.0738. The minimum Gasteiger partial charge on any atom is -0.493 e. The highest BCUT2D eigenvalue weighted by Crippen LogP contribution is 2.39. The molecule has 0 unspecified atom stereocenters. The van der Waals surface area contributed by atoms with Crippen LogP contribution in [0.25, 0.3) is 10.9 Å². The van der Waals surface area contributed by atoms with Crippen LogP contribution < -0.4 is 5.32 Å². The molecule has 5 nitrogen and oxygen atoms in total. The highest BCUT2D eigenvalue weighted by atomic mass is 32.1. The molecule has 0 saturated carbocycles. The molecule has 0 fully saturated rings. The van der Waals surface area contributed by atoms with Crippen LogP contribution in [0.4, 0.5) is 5.69 Å². The third kappa shape index (κ3) is 4.33. The van der Waals surface area contributed by atoms with E-state index in [1.807, 2.05) is 89.5 Å². The van der Waals surface area contributed by atoms with Gasteiger partial charge in [0.15, 0.2) is 5.69 Å². The van der Waals surface area contributed by atoms with Gasteiger partial charge in [-0.25, -0.2) is 0 Å². The van der Waals surface area contributed by atoms with Crippen molar-refractivity contribution in [2.75, 3.05) is 0 Å². The van der Waals surface area contributed by atoms with Crippen molar-refractivity contribution in [3.8, 4) is 5.88 Å². The first-order chi connectivity index (χ1) is 14.2. The van der Waals surface area contributed by atoms with Crippen LogP contribution >= 0.6 is 12.2 Å². The lowest BCUT2D eigenvalue weighted by atomic mass is 10.2. The third-order valence-corrected chi connectivity index (χ3v) is 4.85. The number of nitrogens with one attached hydrogen (secondary N) is 1. The van der Waals surface area contributed by atoms with Crippen molar-refractivity contribution in [1.29, 1.82) is 0 Å². The maximum Gasteiger partial charge on any atom is 0.221 e. The minimum absolute atomic E-state index is 0.0738. The summed E-state index contributed by atoms with van der Waals surface area (Å²) in [7, 11) is 0. The Balaban J connectivity index is 1.58. The fourth-order valence-corrected chi connectivity index (χ4v) is 3.31. The van der Waals surface area contributed by atoms with Crippen LogP contribution in [-0.4, -0.2) is 14.8 Å². The first-order valence-electron chi connectivity index (χ1n) is 9.30. The van der Waals surface area contributed by atoms with Crippen molar-refractivity contribution in [1.82, 2.24) is 9.88 Å². The second kappa shape index (κ2) is 8.67. The quantitative estimate of drug-likeness (QED) is 0.341. The molecule has 0 spiro atoms. The Labute approximate surface area is 174 Å². The molecule has 0 aliphatic rings. The van der Waals surface area contributed by atoms with E-state index in [4.69, 9.17) is 12.2 Å². The molecule has 6 heteroatoms. The highest BCUT2D eigenvalue weighted by molar-refractivity contribution is 7.80. The number of benzene rings is 3. The Hall–Kier alpha value is -3.51. The molecule has 0 bridgehead atoms. The van der Waals surface area contributed by atoms with Crippen LogP contribution in [-0.2, 0) is 13.1 Å². The predicted octanol–water partition coefficient (Wildman–Crippen LogP) is 5.55. The number of para-hydroxylation sites is 1. The normalized spacial score (nSPS) is 11.2. The summed E-state index contributed by atoms with van der Waals surface area (Å²) < 4.78 is 1.83. The molecule has 0 amide bonds. The van der Waals surface area contributed by atoms with Gasteiger partial charge < -0.3 is 15.0 Å². The zero-order chi connectivity index (χ0) is 20.1. The van der Waals surface area contributed by atoms with Crippen LogP contribution in [0.5, 0.6) is 5.88 Å². The lowest BCUT2D eigenvalue weighted by Gasteiger charge is -2.07. The molecule has 0 aliphatic heterocycles. The van der Waals surface area contributed by atoms with E-state index >= 15 is 0 Å². The Bertz CT molecular complexity index is 1150. The maximum atomic E-state index is 10.8. The van der Waals surface area contributed by atoms with Gasteiger partial charge in [0.1, 0.15) is 0 Å². The van der Waals surface area contributed by atoms with Gasteiger partial charge in [-0.15, -0.1) is 10.2 Å². The van der Waals surface area contributed by atoms with Gasteiger partial charge in [0.2, 0.25) is 11.0 Å². The molecule has 3 aromatic carbocycles. The summed E-state index contributed by atoms with van der Waals surface area (Å²) in [6, 6.07) is 27.7. The fraction of sp³-hybridized carbons (Fsp3) is 0.0870. The van der Waals surface area contributed by atoms with E-state index in [2.05, 4.69) is 15.5 Å². The summed E-state index contributed by atoms with van der Waals surface area (Å²) >= 11 is 5.27. The van der Waals surface area contributed by atoms with Gasteiger partial charge in [-0.05, 0) is 29.4 Å². The van der Waals surface area contributed by atoms with Crippen molar-refractivity contribution in [2.45, 2.75) is 13.1 Å². The standard InChI is InChI=1S/C23H20N4OS/c28-22-21(25-26-23(29)24-15-17-9-3-1-4-10-17)19-13-7-8-14-20(19)27(22)16-18-11-5-2-6-12-18/h1-14,28H,15-16H2,(H,24,29). The third-order valence-electron chi connectivity index (χ3n) is 4.63. The summed E-state index contributed by atoms with van der Waals surface area (Å²) in [4.78, 5) is 0. The Kier molecular flexibility index (Phi) is 5.63. The molecule has 0 radical (unpaired) electrons. The number of rotatable bonds is 5. The molecular weight excluding hydrogens is 380 g/mol. The fourth-order valence-electron chi connectivity index (χ4n) is 3.20. The second-order valence-electron chi connectivity index (χ2n) is 6.61. The highest BCUT2D eigenvalue weighted by Gasteiger charge is 2.16.